The Morgan fingerprint density at radius 1 is 1.07 bits per heavy atom. The maximum Gasteiger partial charge on any atom is 0.0232 e. The van der Waals surface area contributed by atoms with Crippen molar-refractivity contribution in [1.82, 2.24) is 10.2 Å². The van der Waals surface area contributed by atoms with Gasteiger partial charge in [0.1, 0.15) is 0 Å². The summed E-state index contributed by atoms with van der Waals surface area (Å²) in [5.41, 5.74) is 0. The van der Waals surface area contributed by atoms with Gasteiger partial charge in [-0.05, 0) is 44.7 Å². The van der Waals surface area contributed by atoms with Gasteiger partial charge in [-0.1, -0.05) is 20.3 Å². The molecular weight excluding hydrogens is 184 g/mol. The molecule has 2 heteroatoms. The minimum absolute atomic E-state index is 0.790. The van der Waals surface area contributed by atoms with Gasteiger partial charge in [-0.3, -0.25) is 4.90 Å². The van der Waals surface area contributed by atoms with Crippen molar-refractivity contribution in [2.75, 3.05) is 20.1 Å². The maximum absolute atomic E-state index is 3.48. The molecule has 2 nitrogen and oxygen atoms in total. The van der Waals surface area contributed by atoms with Gasteiger partial charge < -0.3 is 5.32 Å². The summed E-state index contributed by atoms with van der Waals surface area (Å²) >= 11 is 0. The van der Waals surface area contributed by atoms with Crippen molar-refractivity contribution in [2.45, 2.75) is 51.6 Å². The highest BCUT2D eigenvalue weighted by Gasteiger charge is 2.34. The molecule has 1 saturated carbocycles. The topological polar surface area (TPSA) is 15.3 Å². The molecule has 1 aliphatic carbocycles. The van der Waals surface area contributed by atoms with Gasteiger partial charge in [-0.15, -0.1) is 0 Å². The van der Waals surface area contributed by atoms with Crippen LogP contribution < -0.4 is 5.32 Å². The zero-order valence-corrected chi connectivity index (χ0v) is 10.5. The van der Waals surface area contributed by atoms with E-state index in [2.05, 4.69) is 31.1 Å². The molecule has 0 aromatic carbocycles. The molecule has 3 atom stereocenters. The highest BCUT2D eigenvalue weighted by molar-refractivity contribution is 4.90. The molecular formula is C13H26N2. The third-order valence-electron chi connectivity index (χ3n) is 4.57. The Bertz CT molecular complexity index is 189. The van der Waals surface area contributed by atoms with E-state index < -0.39 is 0 Å². The minimum atomic E-state index is 0.790. The average Bonchev–Trinajstić information content (AvgIpc) is 2.69. The van der Waals surface area contributed by atoms with Gasteiger partial charge in [0, 0.05) is 18.6 Å². The van der Waals surface area contributed by atoms with E-state index in [9.17, 15) is 0 Å². The molecule has 0 bridgehead atoms. The Morgan fingerprint density at radius 3 is 2.27 bits per heavy atom. The molecule has 3 unspecified atom stereocenters. The van der Waals surface area contributed by atoms with Crippen molar-refractivity contribution < 1.29 is 0 Å². The fraction of sp³-hybridized carbons (Fsp3) is 1.00. The molecule has 1 heterocycles. The summed E-state index contributed by atoms with van der Waals surface area (Å²) < 4.78 is 0. The second kappa shape index (κ2) is 4.84. The van der Waals surface area contributed by atoms with Crippen LogP contribution in [-0.2, 0) is 0 Å². The van der Waals surface area contributed by atoms with Crippen LogP contribution in [0, 0.1) is 11.8 Å². The van der Waals surface area contributed by atoms with Crippen molar-refractivity contribution in [1.29, 1.82) is 0 Å². The van der Waals surface area contributed by atoms with Gasteiger partial charge in [-0.2, -0.15) is 0 Å². The third-order valence-corrected chi connectivity index (χ3v) is 4.57. The van der Waals surface area contributed by atoms with Crippen LogP contribution in [0.5, 0.6) is 0 Å². The first-order valence-electron chi connectivity index (χ1n) is 6.63. The molecule has 1 aliphatic heterocycles. The fourth-order valence-corrected chi connectivity index (χ4v) is 3.70. The number of nitrogens with zero attached hydrogens (tertiary/aromatic N) is 1. The quantitative estimate of drug-likeness (QED) is 0.751. The Kier molecular flexibility index (Phi) is 3.68. The normalized spacial score (nSPS) is 42.4. The largest absolute Gasteiger partial charge is 0.315 e. The molecule has 2 aliphatic rings. The van der Waals surface area contributed by atoms with E-state index in [1.807, 2.05) is 0 Å². The zero-order valence-electron chi connectivity index (χ0n) is 10.5. The Balaban J connectivity index is 1.99. The average molecular weight is 210 g/mol. The molecule has 0 aromatic heterocycles. The van der Waals surface area contributed by atoms with E-state index in [-0.39, 0.29) is 0 Å². The molecule has 2 fully saturated rings. The Hall–Kier alpha value is -0.0800. The molecule has 88 valence electrons. The van der Waals surface area contributed by atoms with Crippen molar-refractivity contribution in [2.24, 2.45) is 11.8 Å². The first-order chi connectivity index (χ1) is 7.20. The van der Waals surface area contributed by atoms with Gasteiger partial charge in [0.25, 0.3) is 0 Å². The lowest BCUT2D eigenvalue weighted by molar-refractivity contribution is 0.0631. The Labute approximate surface area is 94.4 Å². The van der Waals surface area contributed by atoms with E-state index in [0.29, 0.717) is 0 Å². The monoisotopic (exact) mass is 210 g/mol. The second-order valence-corrected chi connectivity index (χ2v) is 5.69. The summed E-state index contributed by atoms with van der Waals surface area (Å²) in [4.78, 5) is 2.68. The minimum Gasteiger partial charge on any atom is -0.315 e. The Morgan fingerprint density at radius 2 is 1.73 bits per heavy atom. The van der Waals surface area contributed by atoms with Crippen LogP contribution in [0.1, 0.15) is 39.5 Å². The van der Waals surface area contributed by atoms with Crippen molar-refractivity contribution in [3.63, 3.8) is 0 Å². The molecule has 0 radical (unpaired) electrons. The van der Waals surface area contributed by atoms with E-state index in [4.69, 9.17) is 0 Å². The van der Waals surface area contributed by atoms with Gasteiger partial charge in [0.2, 0.25) is 0 Å². The standard InChI is InChI=1S/C13H26N2/c1-10-5-4-6-11(2)13(10)15(3)12-7-8-14-9-12/h10-14H,4-9H2,1-3H3. The van der Waals surface area contributed by atoms with Gasteiger partial charge >= 0.3 is 0 Å². The maximum atomic E-state index is 3.48. The summed E-state index contributed by atoms with van der Waals surface area (Å²) in [6, 6.07) is 1.61. The number of rotatable bonds is 2. The van der Waals surface area contributed by atoms with Crippen molar-refractivity contribution in [3.8, 4) is 0 Å². The van der Waals surface area contributed by atoms with Crippen LogP contribution in [0.15, 0.2) is 0 Å². The lowest BCUT2D eigenvalue weighted by atomic mass is 9.77. The first kappa shape index (κ1) is 11.4. The van der Waals surface area contributed by atoms with E-state index in [1.165, 1.54) is 38.8 Å². The highest BCUT2D eigenvalue weighted by Crippen LogP contribution is 2.33. The van der Waals surface area contributed by atoms with Crippen LogP contribution in [0.3, 0.4) is 0 Å². The lowest BCUT2D eigenvalue weighted by Gasteiger charge is -2.43. The predicted octanol–water partition coefficient (Wildman–Crippen LogP) is 2.10. The molecule has 0 amide bonds. The van der Waals surface area contributed by atoms with Crippen LogP contribution >= 0.6 is 0 Å². The third kappa shape index (κ3) is 2.36. The molecule has 1 N–H and O–H groups in total. The summed E-state index contributed by atoms with van der Waals surface area (Å²) in [6.45, 7) is 7.30. The molecule has 1 saturated heterocycles. The molecule has 0 spiro atoms. The summed E-state index contributed by atoms with van der Waals surface area (Å²) in [5.74, 6) is 1.78. The summed E-state index contributed by atoms with van der Waals surface area (Å²) in [5, 5.41) is 3.48. The van der Waals surface area contributed by atoms with Gasteiger partial charge in [0.05, 0.1) is 0 Å². The molecule has 15 heavy (non-hydrogen) atoms. The van der Waals surface area contributed by atoms with E-state index in [0.717, 1.165) is 23.9 Å². The molecule has 2 rings (SSSR count). The first-order valence-corrected chi connectivity index (χ1v) is 6.63. The van der Waals surface area contributed by atoms with Crippen LogP contribution in [-0.4, -0.2) is 37.1 Å². The van der Waals surface area contributed by atoms with Crippen molar-refractivity contribution >= 4 is 0 Å². The number of hydrogen-bond donors (Lipinski definition) is 1. The number of hydrogen-bond acceptors (Lipinski definition) is 2. The lowest BCUT2D eigenvalue weighted by Crippen LogP contribution is -2.49. The van der Waals surface area contributed by atoms with Gasteiger partial charge in [0.15, 0.2) is 0 Å². The van der Waals surface area contributed by atoms with E-state index >= 15 is 0 Å². The van der Waals surface area contributed by atoms with Gasteiger partial charge in [-0.25, -0.2) is 0 Å². The fourth-order valence-electron chi connectivity index (χ4n) is 3.70. The highest BCUT2D eigenvalue weighted by atomic mass is 15.2. The van der Waals surface area contributed by atoms with Crippen LogP contribution in [0.4, 0.5) is 0 Å². The smallest absolute Gasteiger partial charge is 0.0232 e. The molecule has 0 aromatic rings. The number of likely N-dealkylation sites (N-methyl/N-ethyl adjacent to an activating group) is 1. The predicted molar refractivity (Wildman–Crippen MR) is 65.0 cm³/mol. The zero-order chi connectivity index (χ0) is 10.8. The second-order valence-electron chi connectivity index (χ2n) is 5.69. The SMILES string of the molecule is CC1CCCC(C)C1N(C)C1CCNC1. The summed E-state index contributed by atoms with van der Waals surface area (Å²) in [6.07, 6.45) is 5.64. The van der Waals surface area contributed by atoms with Crippen LogP contribution in [0.2, 0.25) is 0 Å². The van der Waals surface area contributed by atoms with E-state index in [1.54, 1.807) is 0 Å². The van der Waals surface area contributed by atoms with Crippen molar-refractivity contribution in [3.05, 3.63) is 0 Å². The number of nitrogens with one attached hydrogen (secondary N) is 1. The summed E-state index contributed by atoms with van der Waals surface area (Å²) in [7, 11) is 2.35. The van der Waals surface area contributed by atoms with Crippen LogP contribution in [0.25, 0.3) is 0 Å².